The number of allylic oxidation sites excluding steroid dienone is 2. The van der Waals surface area contributed by atoms with Gasteiger partial charge in [0.1, 0.15) is 11.8 Å². The molecule has 0 aromatic heterocycles. The SMILES string of the molecule is C[C@@H](O)C12O[C@]13c1cc(O)c4c(c1N[C@H]2C#C/C=C\C#C[C@H]3O)C(=O)c1cc(CN)ccc1C4=O. The normalized spacial score (nSPS) is 30.5. The second kappa shape index (κ2) is 7.05. The minimum Gasteiger partial charge on any atom is -0.507 e. The number of hydrogen-bond acceptors (Lipinski definition) is 8. The number of phenolic OH excluding ortho intramolecular Hbond substituents is 1. The van der Waals surface area contributed by atoms with Gasteiger partial charge in [-0.25, -0.2) is 0 Å². The van der Waals surface area contributed by atoms with E-state index in [4.69, 9.17) is 10.5 Å². The summed E-state index contributed by atoms with van der Waals surface area (Å²) in [5.74, 6) is 9.82. The van der Waals surface area contributed by atoms with Crippen LogP contribution in [0.25, 0.3) is 0 Å². The van der Waals surface area contributed by atoms with E-state index >= 15 is 0 Å². The fourth-order valence-corrected chi connectivity index (χ4v) is 5.61. The number of carbonyl (C=O) groups excluding carboxylic acids is 2. The van der Waals surface area contributed by atoms with Crippen LogP contribution in [0.3, 0.4) is 0 Å². The number of anilines is 1. The van der Waals surface area contributed by atoms with E-state index in [1.807, 2.05) is 0 Å². The Balaban J connectivity index is 1.67. The molecule has 8 heteroatoms. The Hall–Kier alpha value is -3.92. The Bertz CT molecular complexity index is 1520. The molecule has 0 amide bonds. The molecule has 35 heavy (non-hydrogen) atoms. The van der Waals surface area contributed by atoms with Gasteiger partial charge in [0.25, 0.3) is 0 Å². The first kappa shape index (κ1) is 21.6. The van der Waals surface area contributed by atoms with E-state index in [9.17, 15) is 24.9 Å². The summed E-state index contributed by atoms with van der Waals surface area (Å²) < 4.78 is 6.14. The maximum absolute atomic E-state index is 13.8. The second-order valence-electron chi connectivity index (χ2n) is 9.01. The van der Waals surface area contributed by atoms with Crippen molar-refractivity contribution in [3.05, 3.63) is 69.8 Å². The van der Waals surface area contributed by atoms with Gasteiger partial charge < -0.3 is 31.1 Å². The minimum atomic E-state index is -1.59. The predicted octanol–water partition coefficient (Wildman–Crippen LogP) is 0.703. The summed E-state index contributed by atoms with van der Waals surface area (Å²) in [7, 11) is 0. The molecule has 174 valence electrons. The summed E-state index contributed by atoms with van der Waals surface area (Å²) in [4.78, 5) is 27.2. The van der Waals surface area contributed by atoms with Crippen LogP contribution in [0.5, 0.6) is 5.75 Å². The molecule has 6 N–H and O–H groups in total. The highest BCUT2D eigenvalue weighted by molar-refractivity contribution is 6.31. The lowest BCUT2D eigenvalue weighted by molar-refractivity contribution is 0.0867. The van der Waals surface area contributed by atoms with Crippen LogP contribution >= 0.6 is 0 Å². The van der Waals surface area contributed by atoms with Gasteiger partial charge in [-0.3, -0.25) is 9.59 Å². The number of benzene rings is 2. The van der Waals surface area contributed by atoms with Crippen molar-refractivity contribution < 1.29 is 29.6 Å². The van der Waals surface area contributed by atoms with Gasteiger partial charge in [-0.1, -0.05) is 29.7 Å². The molecule has 2 aliphatic heterocycles. The number of aromatic hydroxyl groups is 1. The lowest BCUT2D eigenvalue weighted by atomic mass is 9.69. The molecule has 2 heterocycles. The van der Waals surface area contributed by atoms with Crippen LogP contribution in [0.15, 0.2) is 36.4 Å². The van der Waals surface area contributed by atoms with E-state index in [1.54, 1.807) is 12.1 Å². The third-order valence-corrected chi connectivity index (χ3v) is 7.26. The maximum Gasteiger partial charge on any atom is 0.198 e. The molecule has 0 radical (unpaired) electrons. The molecule has 2 aliphatic carbocycles. The average molecular weight is 468 g/mol. The van der Waals surface area contributed by atoms with E-state index in [-0.39, 0.29) is 40.0 Å². The fourth-order valence-electron chi connectivity index (χ4n) is 5.61. The van der Waals surface area contributed by atoms with Crippen molar-refractivity contribution in [3.8, 4) is 29.4 Å². The highest BCUT2D eigenvalue weighted by Crippen LogP contribution is 2.67. The van der Waals surface area contributed by atoms with Crippen LogP contribution in [0.4, 0.5) is 5.69 Å². The van der Waals surface area contributed by atoms with Crippen molar-refractivity contribution in [1.82, 2.24) is 0 Å². The van der Waals surface area contributed by atoms with Crippen molar-refractivity contribution in [2.24, 2.45) is 5.73 Å². The molecular formula is C27H20N2O6. The average Bonchev–Trinajstić information content (AvgIpc) is 3.57. The lowest BCUT2D eigenvalue weighted by Crippen LogP contribution is -2.54. The van der Waals surface area contributed by atoms with Gasteiger partial charge in [-0.05, 0) is 42.8 Å². The number of aliphatic hydroxyl groups is 2. The van der Waals surface area contributed by atoms with E-state index in [0.29, 0.717) is 5.56 Å². The number of rotatable bonds is 2. The van der Waals surface area contributed by atoms with E-state index < -0.39 is 46.8 Å². The molecule has 1 fully saturated rings. The summed E-state index contributed by atoms with van der Waals surface area (Å²) in [5.41, 5.74) is 4.01. The molecule has 4 aliphatic rings. The van der Waals surface area contributed by atoms with Crippen molar-refractivity contribution >= 4 is 17.3 Å². The third kappa shape index (κ3) is 2.52. The molecule has 5 atom stereocenters. The number of carbonyl (C=O) groups is 2. The van der Waals surface area contributed by atoms with Crippen molar-refractivity contribution in [2.75, 3.05) is 5.32 Å². The molecule has 6 rings (SSSR count). The number of hydrogen-bond donors (Lipinski definition) is 5. The molecule has 2 bridgehead atoms. The van der Waals surface area contributed by atoms with Gasteiger partial charge in [-0.15, -0.1) is 0 Å². The van der Waals surface area contributed by atoms with Gasteiger partial charge in [0.05, 0.1) is 22.9 Å². The summed E-state index contributed by atoms with van der Waals surface area (Å²) >= 11 is 0. The van der Waals surface area contributed by atoms with E-state index in [2.05, 4.69) is 29.0 Å². The summed E-state index contributed by atoms with van der Waals surface area (Å²) in [6.07, 6.45) is 0.464. The highest BCUT2D eigenvalue weighted by atomic mass is 16.7. The number of epoxide rings is 1. The van der Waals surface area contributed by atoms with Crippen LogP contribution < -0.4 is 11.1 Å². The van der Waals surface area contributed by atoms with Crippen LogP contribution in [0.1, 0.15) is 49.9 Å². The quantitative estimate of drug-likeness (QED) is 0.210. The molecule has 1 saturated heterocycles. The van der Waals surface area contributed by atoms with Crippen molar-refractivity contribution in [1.29, 1.82) is 0 Å². The summed E-state index contributed by atoms with van der Waals surface area (Å²) in [5, 5.41) is 36.1. The Morgan fingerprint density at radius 2 is 1.83 bits per heavy atom. The first-order valence-corrected chi connectivity index (χ1v) is 11.1. The maximum atomic E-state index is 13.8. The molecular weight excluding hydrogens is 448 g/mol. The molecule has 0 spiro atoms. The lowest BCUT2D eigenvalue weighted by Gasteiger charge is -2.37. The smallest absolute Gasteiger partial charge is 0.198 e. The van der Waals surface area contributed by atoms with Gasteiger partial charge in [0.2, 0.25) is 0 Å². The Morgan fingerprint density at radius 3 is 2.54 bits per heavy atom. The van der Waals surface area contributed by atoms with Crippen molar-refractivity contribution in [2.45, 2.75) is 42.9 Å². The largest absolute Gasteiger partial charge is 0.507 e. The number of nitrogens with two attached hydrogens (primary N) is 1. The van der Waals surface area contributed by atoms with Crippen LogP contribution in [0.2, 0.25) is 0 Å². The monoisotopic (exact) mass is 468 g/mol. The molecule has 1 unspecified atom stereocenters. The zero-order valence-corrected chi connectivity index (χ0v) is 18.5. The predicted molar refractivity (Wildman–Crippen MR) is 125 cm³/mol. The van der Waals surface area contributed by atoms with Crippen LogP contribution in [-0.2, 0) is 16.9 Å². The molecule has 8 nitrogen and oxygen atoms in total. The molecule has 0 saturated carbocycles. The van der Waals surface area contributed by atoms with Gasteiger partial charge in [0, 0.05) is 23.2 Å². The third-order valence-electron chi connectivity index (χ3n) is 7.26. The number of fused-ring (bicyclic) bond motifs is 4. The number of ether oxygens (including phenoxy) is 1. The van der Waals surface area contributed by atoms with Gasteiger partial charge in [-0.2, -0.15) is 0 Å². The van der Waals surface area contributed by atoms with E-state index in [0.717, 1.165) is 0 Å². The van der Waals surface area contributed by atoms with Crippen LogP contribution in [-0.4, -0.2) is 50.7 Å². The number of nitrogens with one attached hydrogen (secondary N) is 1. The Labute approximate surface area is 200 Å². The standard InChI is InChI=1S/C27H20N2O6/c1-13(30)26-19-6-4-2-3-5-7-20(32)27(26,35-26)17-11-18(31)21-22(23(17)29-19)25(34)16-10-14(12-28)8-9-15(16)24(21)33/h2-3,8-11,13,19-20,29-32H,12,28H2,1H3/b3-2-/t13-,19+,20-,26?,27+/m1/s1. The zero-order valence-electron chi connectivity index (χ0n) is 18.5. The first-order chi connectivity index (χ1) is 16.8. The zero-order chi connectivity index (χ0) is 24.7. The molecule has 2 aromatic rings. The Morgan fingerprint density at radius 1 is 1.11 bits per heavy atom. The van der Waals surface area contributed by atoms with Crippen molar-refractivity contribution in [3.63, 3.8) is 0 Å². The number of ketones is 2. The topological polar surface area (TPSA) is 145 Å². The second-order valence-corrected chi connectivity index (χ2v) is 9.01. The number of aliphatic hydroxyl groups excluding tert-OH is 2. The minimum absolute atomic E-state index is 0.0414. The Kier molecular flexibility index (Phi) is 4.35. The van der Waals surface area contributed by atoms with E-state index in [1.165, 1.54) is 31.2 Å². The fraction of sp³-hybridized carbons (Fsp3) is 0.259. The highest BCUT2D eigenvalue weighted by Gasteiger charge is 2.82. The summed E-state index contributed by atoms with van der Waals surface area (Å²) in [6.45, 7) is 1.70. The van der Waals surface area contributed by atoms with Gasteiger partial charge >= 0.3 is 0 Å². The summed E-state index contributed by atoms with van der Waals surface area (Å²) in [6, 6.07) is 5.21. The molecule has 2 aromatic carbocycles. The van der Waals surface area contributed by atoms with Crippen LogP contribution in [0, 0.1) is 23.7 Å². The van der Waals surface area contributed by atoms with Gasteiger partial charge in [0.15, 0.2) is 28.9 Å². The first-order valence-electron chi connectivity index (χ1n) is 11.1. The number of phenols is 1.